The molecule has 2 aromatic rings. The number of hydrogen-bond donors (Lipinski definition) is 2. The number of carboxylic acid groups (broad SMARTS) is 1. The van der Waals surface area contributed by atoms with Crippen LogP contribution in [0.1, 0.15) is 25.0 Å². The molecule has 25 heavy (non-hydrogen) atoms. The summed E-state index contributed by atoms with van der Waals surface area (Å²) in [5.74, 6) is -0.429. The van der Waals surface area contributed by atoms with Crippen molar-refractivity contribution in [2.75, 3.05) is 13.2 Å². The number of carbonyl (C=O) groups is 2. The Morgan fingerprint density at radius 2 is 1.72 bits per heavy atom. The molecular formula is C20H23NO4. The first-order valence-electron chi connectivity index (χ1n) is 8.23. The summed E-state index contributed by atoms with van der Waals surface area (Å²) in [6.07, 6.45) is 0.191. The lowest BCUT2D eigenvalue weighted by Gasteiger charge is -2.25. The molecule has 2 rings (SSSR count). The normalized spacial score (nSPS) is 12.9. The molecule has 0 saturated carbocycles. The van der Waals surface area contributed by atoms with Crippen LogP contribution in [0.15, 0.2) is 54.6 Å². The minimum absolute atomic E-state index is 0.0300. The Labute approximate surface area is 147 Å². The van der Waals surface area contributed by atoms with Crippen LogP contribution in [0.4, 0.5) is 0 Å². The van der Waals surface area contributed by atoms with Gasteiger partial charge in [0.2, 0.25) is 5.91 Å². The fourth-order valence-electron chi connectivity index (χ4n) is 2.50. The minimum Gasteiger partial charge on any atom is -0.494 e. The maximum Gasteiger partial charge on any atom is 0.315 e. The maximum absolute atomic E-state index is 12.2. The van der Waals surface area contributed by atoms with Gasteiger partial charge in [0.1, 0.15) is 11.2 Å². The van der Waals surface area contributed by atoms with E-state index in [1.165, 1.54) is 0 Å². The van der Waals surface area contributed by atoms with Gasteiger partial charge in [-0.2, -0.15) is 0 Å². The summed E-state index contributed by atoms with van der Waals surface area (Å²) in [6, 6.07) is 16.2. The molecule has 5 nitrogen and oxygen atoms in total. The predicted octanol–water partition coefficient (Wildman–Crippen LogP) is 2.79. The molecular weight excluding hydrogens is 318 g/mol. The molecule has 1 unspecified atom stereocenters. The van der Waals surface area contributed by atoms with Gasteiger partial charge in [-0.25, -0.2) is 0 Å². The van der Waals surface area contributed by atoms with Crippen molar-refractivity contribution in [3.8, 4) is 5.75 Å². The number of carboxylic acids is 1. The lowest BCUT2D eigenvalue weighted by molar-refractivity contribution is -0.143. The van der Waals surface area contributed by atoms with Crippen LogP contribution in [0.25, 0.3) is 0 Å². The minimum atomic E-state index is -1.17. The zero-order valence-electron chi connectivity index (χ0n) is 14.5. The van der Waals surface area contributed by atoms with Gasteiger partial charge in [0.15, 0.2) is 0 Å². The molecule has 2 aromatic carbocycles. The highest BCUT2D eigenvalue weighted by atomic mass is 16.5. The topological polar surface area (TPSA) is 75.6 Å². The molecule has 0 aliphatic carbocycles. The van der Waals surface area contributed by atoms with Gasteiger partial charge in [-0.05, 0) is 37.1 Å². The Bertz CT molecular complexity index is 712. The van der Waals surface area contributed by atoms with E-state index in [0.717, 1.165) is 11.3 Å². The Kier molecular flexibility index (Phi) is 6.17. The molecule has 1 atom stereocenters. The van der Waals surface area contributed by atoms with Crippen molar-refractivity contribution in [2.45, 2.75) is 25.7 Å². The summed E-state index contributed by atoms with van der Waals surface area (Å²) < 4.78 is 5.37. The van der Waals surface area contributed by atoms with Crippen LogP contribution in [0.3, 0.4) is 0 Å². The van der Waals surface area contributed by atoms with Gasteiger partial charge in [0.25, 0.3) is 0 Å². The number of amides is 1. The lowest BCUT2D eigenvalue weighted by atomic mass is 9.82. The summed E-state index contributed by atoms with van der Waals surface area (Å²) >= 11 is 0. The predicted molar refractivity (Wildman–Crippen MR) is 95.8 cm³/mol. The van der Waals surface area contributed by atoms with Crippen LogP contribution in [0, 0.1) is 0 Å². The highest BCUT2D eigenvalue weighted by Gasteiger charge is 2.35. The van der Waals surface area contributed by atoms with Crippen LogP contribution in [0.5, 0.6) is 5.75 Å². The Morgan fingerprint density at radius 1 is 1.08 bits per heavy atom. The molecule has 2 N–H and O–H groups in total. The number of ether oxygens (including phenoxy) is 1. The van der Waals surface area contributed by atoms with Crippen molar-refractivity contribution >= 4 is 11.9 Å². The van der Waals surface area contributed by atoms with Crippen LogP contribution >= 0.6 is 0 Å². The van der Waals surface area contributed by atoms with Gasteiger partial charge in [-0.1, -0.05) is 42.5 Å². The first-order valence-corrected chi connectivity index (χ1v) is 8.23. The van der Waals surface area contributed by atoms with Crippen LogP contribution in [-0.2, 0) is 21.4 Å². The van der Waals surface area contributed by atoms with Crippen molar-refractivity contribution < 1.29 is 19.4 Å². The zero-order valence-corrected chi connectivity index (χ0v) is 14.5. The van der Waals surface area contributed by atoms with E-state index >= 15 is 0 Å². The highest BCUT2D eigenvalue weighted by molar-refractivity contribution is 5.84. The number of hydrogen-bond acceptors (Lipinski definition) is 3. The van der Waals surface area contributed by atoms with Crippen molar-refractivity contribution in [2.24, 2.45) is 0 Å². The summed E-state index contributed by atoms with van der Waals surface area (Å²) in [5, 5.41) is 12.3. The standard InChI is InChI=1S/C20H23NO4/c1-3-25-17-11-9-15(10-12-17)13-18(22)21-14-20(2,19(23)24)16-7-5-4-6-8-16/h4-12H,3,13-14H2,1-2H3,(H,21,22)(H,23,24). The quantitative estimate of drug-likeness (QED) is 0.774. The van der Waals surface area contributed by atoms with E-state index in [-0.39, 0.29) is 18.9 Å². The third-order valence-electron chi connectivity index (χ3n) is 4.12. The monoisotopic (exact) mass is 341 g/mol. The smallest absolute Gasteiger partial charge is 0.315 e. The van der Waals surface area contributed by atoms with Crippen LogP contribution in [-0.4, -0.2) is 30.1 Å². The number of rotatable bonds is 8. The second kappa shape index (κ2) is 8.33. The maximum atomic E-state index is 12.2. The van der Waals surface area contributed by atoms with Crippen molar-refractivity contribution in [3.63, 3.8) is 0 Å². The third-order valence-corrected chi connectivity index (χ3v) is 4.12. The summed E-state index contributed by atoms with van der Waals surface area (Å²) in [4.78, 5) is 23.9. The van der Waals surface area contributed by atoms with E-state index in [1.807, 2.05) is 37.3 Å². The largest absolute Gasteiger partial charge is 0.494 e. The van der Waals surface area contributed by atoms with E-state index in [2.05, 4.69) is 5.32 Å². The molecule has 0 saturated heterocycles. The first kappa shape index (κ1) is 18.5. The molecule has 0 fully saturated rings. The van der Waals surface area contributed by atoms with E-state index < -0.39 is 11.4 Å². The molecule has 0 spiro atoms. The molecule has 0 aliphatic heterocycles. The summed E-state index contributed by atoms with van der Waals surface area (Å²) in [7, 11) is 0. The second-order valence-corrected chi connectivity index (χ2v) is 6.03. The highest BCUT2D eigenvalue weighted by Crippen LogP contribution is 2.23. The SMILES string of the molecule is CCOc1ccc(CC(=O)NCC(C)(C(=O)O)c2ccccc2)cc1. The molecule has 0 heterocycles. The summed E-state index contributed by atoms with van der Waals surface area (Å²) in [5.41, 5.74) is 0.331. The second-order valence-electron chi connectivity index (χ2n) is 6.03. The fraction of sp³-hybridized carbons (Fsp3) is 0.300. The van der Waals surface area contributed by atoms with Crippen LogP contribution < -0.4 is 10.1 Å². The van der Waals surface area contributed by atoms with Gasteiger partial charge in [0.05, 0.1) is 13.0 Å². The Balaban J connectivity index is 1.98. The van der Waals surface area contributed by atoms with Crippen molar-refractivity contribution in [3.05, 3.63) is 65.7 Å². The molecule has 0 aromatic heterocycles. The molecule has 5 heteroatoms. The van der Waals surface area contributed by atoms with Gasteiger partial charge >= 0.3 is 5.97 Å². The Hall–Kier alpha value is -2.82. The molecule has 132 valence electrons. The van der Waals surface area contributed by atoms with Crippen molar-refractivity contribution in [1.29, 1.82) is 0 Å². The average molecular weight is 341 g/mol. The number of carbonyl (C=O) groups excluding carboxylic acids is 1. The van der Waals surface area contributed by atoms with Gasteiger partial charge < -0.3 is 15.2 Å². The van der Waals surface area contributed by atoms with Crippen molar-refractivity contribution in [1.82, 2.24) is 5.32 Å². The van der Waals surface area contributed by atoms with Gasteiger partial charge in [-0.3, -0.25) is 9.59 Å². The van der Waals surface area contributed by atoms with E-state index in [4.69, 9.17) is 4.74 Å². The molecule has 0 aliphatic rings. The molecule has 1 amide bonds. The zero-order chi connectivity index (χ0) is 18.3. The van der Waals surface area contributed by atoms with E-state index in [9.17, 15) is 14.7 Å². The number of nitrogens with one attached hydrogen (secondary N) is 1. The first-order chi connectivity index (χ1) is 12.0. The lowest BCUT2D eigenvalue weighted by Crippen LogP contribution is -2.44. The van der Waals surface area contributed by atoms with E-state index in [0.29, 0.717) is 12.2 Å². The molecule has 0 bridgehead atoms. The van der Waals surface area contributed by atoms with Crippen LogP contribution in [0.2, 0.25) is 0 Å². The molecule has 0 radical (unpaired) electrons. The fourth-order valence-corrected chi connectivity index (χ4v) is 2.50. The number of benzene rings is 2. The van der Waals surface area contributed by atoms with E-state index in [1.54, 1.807) is 31.2 Å². The van der Waals surface area contributed by atoms with Gasteiger partial charge in [0, 0.05) is 6.54 Å². The summed E-state index contributed by atoms with van der Waals surface area (Å²) in [6.45, 7) is 4.14. The van der Waals surface area contributed by atoms with Gasteiger partial charge in [-0.15, -0.1) is 0 Å². The Morgan fingerprint density at radius 3 is 2.28 bits per heavy atom. The number of aliphatic carboxylic acids is 1. The third kappa shape index (κ3) is 4.83. The average Bonchev–Trinajstić information content (AvgIpc) is 2.62.